The van der Waals surface area contributed by atoms with Crippen molar-refractivity contribution in [2.45, 2.75) is 19.4 Å². The molecule has 0 spiro atoms. The number of methoxy groups -OCH3 is 1. The van der Waals surface area contributed by atoms with E-state index in [4.69, 9.17) is 9.47 Å². The maximum atomic E-state index is 13.0. The van der Waals surface area contributed by atoms with Crippen molar-refractivity contribution in [3.8, 4) is 11.5 Å². The second kappa shape index (κ2) is 9.78. The summed E-state index contributed by atoms with van der Waals surface area (Å²) in [5, 5.41) is 5.51. The third-order valence-corrected chi connectivity index (χ3v) is 4.77. The van der Waals surface area contributed by atoms with E-state index in [1.165, 1.54) is 4.90 Å². The van der Waals surface area contributed by atoms with Gasteiger partial charge in [0.15, 0.2) is 0 Å². The minimum atomic E-state index is -0.896. The molecule has 1 aliphatic heterocycles. The van der Waals surface area contributed by atoms with E-state index in [1.807, 2.05) is 13.0 Å². The number of para-hydroxylation sites is 2. The molecule has 8 heteroatoms. The Hall–Kier alpha value is -3.55. The second-order valence-electron chi connectivity index (χ2n) is 6.72. The van der Waals surface area contributed by atoms with Crippen LogP contribution < -0.4 is 20.1 Å². The van der Waals surface area contributed by atoms with Crippen LogP contribution in [0.2, 0.25) is 0 Å². The minimum absolute atomic E-state index is 0.159. The van der Waals surface area contributed by atoms with Crippen LogP contribution in [0.25, 0.3) is 0 Å². The number of ether oxygens (including phenoxy) is 2. The number of benzene rings is 2. The molecule has 3 amide bonds. The molecule has 0 radical (unpaired) electrons. The predicted octanol–water partition coefficient (Wildman–Crippen LogP) is 2.06. The molecular weight excluding hydrogens is 386 g/mol. The number of rotatable bonds is 7. The number of piperazine rings is 1. The SMILES string of the molecule is CCOc1ccccc1NC(=O)C[C@H]1C(=O)NCCN1C(=O)c1ccc(OC)cc1. The molecule has 1 fully saturated rings. The molecule has 158 valence electrons. The average molecular weight is 411 g/mol. The zero-order valence-electron chi connectivity index (χ0n) is 17.0. The van der Waals surface area contributed by atoms with Crippen LogP contribution in [0.4, 0.5) is 5.69 Å². The average Bonchev–Trinajstić information content (AvgIpc) is 2.76. The Morgan fingerprint density at radius 1 is 1.17 bits per heavy atom. The summed E-state index contributed by atoms with van der Waals surface area (Å²) in [5.41, 5.74) is 0.950. The normalized spacial score (nSPS) is 15.9. The molecule has 0 aromatic heterocycles. The van der Waals surface area contributed by atoms with Crippen LogP contribution in [0.5, 0.6) is 11.5 Å². The van der Waals surface area contributed by atoms with Gasteiger partial charge in [0.2, 0.25) is 11.8 Å². The van der Waals surface area contributed by atoms with Gasteiger partial charge in [0.25, 0.3) is 5.91 Å². The van der Waals surface area contributed by atoms with Gasteiger partial charge in [-0.1, -0.05) is 12.1 Å². The fourth-order valence-electron chi connectivity index (χ4n) is 3.29. The van der Waals surface area contributed by atoms with Crippen LogP contribution in [0.1, 0.15) is 23.7 Å². The Morgan fingerprint density at radius 2 is 1.90 bits per heavy atom. The highest BCUT2D eigenvalue weighted by Crippen LogP contribution is 2.24. The van der Waals surface area contributed by atoms with Crippen molar-refractivity contribution in [1.82, 2.24) is 10.2 Å². The molecule has 1 heterocycles. The predicted molar refractivity (Wildman–Crippen MR) is 112 cm³/mol. The number of anilines is 1. The van der Waals surface area contributed by atoms with Crippen molar-refractivity contribution in [2.24, 2.45) is 0 Å². The van der Waals surface area contributed by atoms with Crippen molar-refractivity contribution in [1.29, 1.82) is 0 Å². The molecule has 8 nitrogen and oxygen atoms in total. The first kappa shape index (κ1) is 21.2. The van der Waals surface area contributed by atoms with Crippen LogP contribution in [0.15, 0.2) is 48.5 Å². The molecule has 2 aromatic carbocycles. The lowest BCUT2D eigenvalue weighted by molar-refractivity contribution is -0.131. The molecule has 30 heavy (non-hydrogen) atoms. The summed E-state index contributed by atoms with van der Waals surface area (Å²) in [4.78, 5) is 39.6. The van der Waals surface area contributed by atoms with Crippen LogP contribution >= 0.6 is 0 Å². The molecule has 3 rings (SSSR count). The number of nitrogens with one attached hydrogen (secondary N) is 2. The zero-order chi connectivity index (χ0) is 21.5. The molecule has 1 aliphatic rings. The van der Waals surface area contributed by atoms with Gasteiger partial charge in [-0.25, -0.2) is 0 Å². The van der Waals surface area contributed by atoms with Crippen molar-refractivity contribution in [3.05, 3.63) is 54.1 Å². The summed E-state index contributed by atoms with van der Waals surface area (Å²) < 4.78 is 10.6. The van der Waals surface area contributed by atoms with Gasteiger partial charge in [0.1, 0.15) is 17.5 Å². The molecule has 0 unspecified atom stereocenters. The third kappa shape index (κ3) is 4.89. The van der Waals surface area contributed by atoms with Crippen LogP contribution in [-0.2, 0) is 9.59 Å². The topological polar surface area (TPSA) is 97.0 Å². The van der Waals surface area contributed by atoms with E-state index >= 15 is 0 Å². The van der Waals surface area contributed by atoms with Crippen molar-refractivity contribution < 1.29 is 23.9 Å². The summed E-state index contributed by atoms with van der Waals surface area (Å²) in [5.74, 6) is 0.146. The smallest absolute Gasteiger partial charge is 0.254 e. The molecule has 1 atom stereocenters. The quantitative estimate of drug-likeness (QED) is 0.727. The standard InChI is InChI=1S/C22H25N3O5/c1-3-30-19-7-5-4-6-17(19)24-20(26)14-18-21(27)23-12-13-25(18)22(28)15-8-10-16(29-2)11-9-15/h4-11,18H,3,12-14H2,1-2H3,(H,23,27)(H,24,26)/t18-/m0/s1. The first-order valence-electron chi connectivity index (χ1n) is 9.78. The minimum Gasteiger partial charge on any atom is -0.497 e. The number of carbonyl (C=O) groups excluding carboxylic acids is 3. The van der Waals surface area contributed by atoms with Gasteiger partial charge in [0, 0.05) is 18.7 Å². The van der Waals surface area contributed by atoms with E-state index in [1.54, 1.807) is 49.6 Å². The molecule has 0 aliphatic carbocycles. The van der Waals surface area contributed by atoms with E-state index in [-0.39, 0.29) is 24.1 Å². The van der Waals surface area contributed by atoms with Gasteiger partial charge in [0.05, 0.1) is 25.8 Å². The number of amides is 3. The van der Waals surface area contributed by atoms with Gasteiger partial charge in [-0.3, -0.25) is 14.4 Å². The van der Waals surface area contributed by atoms with Crippen LogP contribution in [-0.4, -0.2) is 55.5 Å². The second-order valence-corrected chi connectivity index (χ2v) is 6.72. The van der Waals surface area contributed by atoms with E-state index in [0.717, 1.165) is 0 Å². The molecule has 2 aromatic rings. The summed E-state index contributed by atoms with van der Waals surface area (Å²) >= 11 is 0. The number of hydrogen-bond acceptors (Lipinski definition) is 5. The third-order valence-electron chi connectivity index (χ3n) is 4.77. The van der Waals surface area contributed by atoms with Crippen LogP contribution in [0, 0.1) is 0 Å². The zero-order valence-corrected chi connectivity index (χ0v) is 17.0. The number of nitrogens with zero attached hydrogens (tertiary/aromatic N) is 1. The van der Waals surface area contributed by atoms with Crippen molar-refractivity contribution in [3.63, 3.8) is 0 Å². The van der Waals surface area contributed by atoms with Gasteiger partial charge in [-0.2, -0.15) is 0 Å². The fraction of sp³-hybridized carbons (Fsp3) is 0.318. The number of hydrogen-bond donors (Lipinski definition) is 2. The Bertz CT molecular complexity index is 913. The molecule has 2 N–H and O–H groups in total. The van der Waals surface area contributed by atoms with Crippen molar-refractivity contribution in [2.75, 3.05) is 32.1 Å². The Morgan fingerprint density at radius 3 is 2.60 bits per heavy atom. The van der Waals surface area contributed by atoms with E-state index < -0.39 is 6.04 Å². The van der Waals surface area contributed by atoms with Crippen molar-refractivity contribution >= 4 is 23.4 Å². The Balaban J connectivity index is 1.73. The summed E-state index contributed by atoms with van der Waals surface area (Å²) in [7, 11) is 1.55. The first-order chi connectivity index (χ1) is 14.5. The maximum Gasteiger partial charge on any atom is 0.254 e. The summed E-state index contributed by atoms with van der Waals surface area (Å²) in [6.07, 6.45) is -0.159. The Labute approximate surface area is 175 Å². The largest absolute Gasteiger partial charge is 0.497 e. The van der Waals surface area contributed by atoms with Gasteiger partial charge >= 0.3 is 0 Å². The van der Waals surface area contributed by atoms with E-state index in [0.29, 0.717) is 42.4 Å². The summed E-state index contributed by atoms with van der Waals surface area (Å²) in [6.45, 7) is 2.98. The lowest BCUT2D eigenvalue weighted by Crippen LogP contribution is -2.58. The first-order valence-corrected chi connectivity index (χ1v) is 9.78. The molecular formula is C22H25N3O5. The summed E-state index contributed by atoms with van der Waals surface area (Å²) in [6, 6.07) is 12.8. The highest BCUT2D eigenvalue weighted by molar-refractivity contribution is 6.01. The fourth-order valence-corrected chi connectivity index (χ4v) is 3.29. The molecule has 1 saturated heterocycles. The monoisotopic (exact) mass is 411 g/mol. The van der Waals surface area contributed by atoms with Gasteiger partial charge in [-0.05, 0) is 43.3 Å². The number of carbonyl (C=O) groups is 3. The van der Waals surface area contributed by atoms with E-state index in [9.17, 15) is 14.4 Å². The molecule has 0 bridgehead atoms. The molecule has 0 saturated carbocycles. The Kier molecular flexibility index (Phi) is 6.90. The maximum absolute atomic E-state index is 13.0. The lowest BCUT2D eigenvalue weighted by Gasteiger charge is -2.34. The van der Waals surface area contributed by atoms with Gasteiger partial charge < -0.3 is 25.0 Å². The lowest BCUT2D eigenvalue weighted by atomic mass is 10.1. The highest BCUT2D eigenvalue weighted by Gasteiger charge is 2.35. The van der Waals surface area contributed by atoms with Crippen LogP contribution in [0.3, 0.4) is 0 Å². The highest BCUT2D eigenvalue weighted by atomic mass is 16.5. The van der Waals surface area contributed by atoms with Gasteiger partial charge in [-0.15, -0.1) is 0 Å². The van der Waals surface area contributed by atoms with E-state index in [2.05, 4.69) is 10.6 Å².